The Bertz CT molecular complexity index is 453. The van der Waals surface area contributed by atoms with Crippen LogP contribution in [0.5, 0.6) is 0 Å². The molecule has 0 aromatic heterocycles. The molecule has 3 unspecified atom stereocenters. The molecule has 0 saturated heterocycles. The molecule has 32 heavy (non-hydrogen) atoms. The average molecular weight is 607 g/mol. The third kappa shape index (κ3) is 9.72. The largest absolute Gasteiger partial charge is 0 e. The summed E-state index contributed by atoms with van der Waals surface area (Å²) in [6, 6.07) is 0. The van der Waals surface area contributed by atoms with Crippen LogP contribution in [0, 0.1) is 87.4 Å². The van der Waals surface area contributed by atoms with Crippen LogP contribution in [-0.2, 0) is 35.2 Å². The molecule has 0 aliphatic heterocycles. The van der Waals surface area contributed by atoms with Gasteiger partial charge in [-0.05, 0) is 126 Å². The molecular weight excluding hydrogens is 567 g/mol. The van der Waals surface area contributed by atoms with Gasteiger partial charge in [0.2, 0.25) is 0 Å². The van der Waals surface area contributed by atoms with E-state index < -0.39 is 0 Å². The smallest absolute Gasteiger partial charge is 0 e. The topological polar surface area (TPSA) is 3.24 Å². The van der Waals surface area contributed by atoms with E-state index in [1.54, 1.807) is 51.4 Å². The van der Waals surface area contributed by atoms with E-state index in [2.05, 4.69) is 72.4 Å². The van der Waals surface area contributed by atoms with Gasteiger partial charge in [0.05, 0.1) is 0 Å². The number of fused-ring (bicyclic) bond motifs is 4. The van der Waals surface area contributed by atoms with Crippen molar-refractivity contribution in [2.24, 2.45) is 23.7 Å². The maximum Gasteiger partial charge on any atom is 0 e. The van der Waals surface area contributed by atoms with Crippen molar-refractivity contribution in [3.8, 4) is 0 Å². The Balaban J connectivity index is 0.000000184. The van der Waals surface area contributed by atoms with Crippen LogP contribution in [0.4, 0.5) is 0 Å². The molecule has 6 rings (SSSR count). The van der Waals surface area contributed by atoms with Crippen molar-refractivity contribution in [2.45, 2.75) is 62.7 Å². The minimum Gasteiger partial charge on any atom is 0 e. The molecule has 6 aliphatic carbocycles. The van der Waals surface area contributed by atoms with Gasteiger partial charge in [0, 0.05) is 17.1 Å². The van der Waals surface area contributed by atoms with E-state index in [0.29, 0.717) is 0 Å². The Morgan fingerprint density at radius 3 is 1.66 bits per heavy atom. The van der Waals surface area contributed by atoms with E-state index in [1.165, 1.54) is 49.5 Å². The zero-order valence-electron chi connectivity index (χ0n) is 19.5. The Morgan fingerprint density at radius 1 is 0.844 bits per heavy atom. The molecule has 0 aromatic carbocycles. The zero-order chi connectivity index (χ0) is 22.1. The molecule has 0 aromatic rings. The van der Waals surface area contributed by atoms with Gasteiger partial charge in [0.25, 0.3) is 0 Å². The molecule has 0 amide bonds. The number of rotatable bonds is 4. The van der Waals surface area contributed by atoms with Crippen LogP contribution in [-0.4, -0.2) is 36.9 Å². The molecule has 1 nitrogen and oxygen atoms in total. The minimum atomic E-state index is 0. The predicted molar refractivity (Wildman–Crippen MR) is 133 cm³/mol. The molecule has 0 N–H and O–H groups in total. The summed E-state index contributed by atoms with van der Waals surface area (Å²) >= 11 is 2.22. The number of hydrogen-bond acceptors (Lipinski definition) is 1. The van der Waals surface area contributed by atoms with Crippen molar-refractivity contribution in [3.63, 3.8) is 0 Å². The van der Waals surface area contributed by atoms with E-state index in [0.717, 1.165) is 6.54 Å². The average Bonchev–Trinajstić information content (AvgIpc) is 3.61. The number of hydrogen-bond donors (Lipinski definition) is 0. The van der Waals surface area contributed by atoms with E-state index in [-0.39, 0.29) is 17.1 Å². The predicted octanol–water partition coefficient (Wildman–Crippen LogP) is 6.70. The van der Waals surface area contributed by atoms with Gasteiger partial charge in [-0.3, -0.25) is 0 Å². The summed E-state index contributed by atoms with van der Waals surface area (Å²) in [5.74, 6) is 6.11. The van der Waals surface area contributed by atoms with Gasteiger partial charge in [0.15, 0.2) is 0 Å². The first kappa shape index (κ1) is 30.1. The fraction of sp³-hybridized carbons (Fsp3) is 0.630. The van der Waals surface area contributed by atoms with Crippen LogP contribution in [0.2, 0.25) is 0 Å². The van der Waals surface area contributed by atoms with E-state index in [4.69, 9.17) is 0 Å². The second-order valence-corrected chi connectivity index (χ2v) is 12.0. The van der Waals surface area contributed by atoms with Crippen LogP contribution in [0.15, 0.2) is 0 Å². The third-order valence-corrected chi connectivity index (χ3v) is 9.96. The first-order chi connectivity index (χ1) is 15.2. The molecular formula is C27H40ClFeNPPd. The Hall–Kier alpha value is 1.86. The van der Waals surface area contributed by atoms with Crippen LogP contribution < -0.4 is 0 Å². The maximum atomic E-state index is 4.49. The van der Waals surface area contributed by atoms with Gasteiger partial charge in [-0.1, -0.05) is 25.7 Å². The fourth-order valence-corrected chi connectivity index (χ4v) is 9.02. The van der Waals surface area contributed by atoms with Crippen molar-refractivity contribution >= 4 is 18.1 Å². The minimum absolute atomic E-state index is 0. The Labute approximate surface area is 227 Å². The second kappa shape index (κ2) is 16.6. The maximum absolute atomic E-state index is 4.49. The van der Waals surface area contributed by atoms with E-state index >= 15 is 0 Å². The molecule has 5 heteroatoms. The van der Waals surface area contributed by atoms with Crippen molar-refractivity contribution in [2.75, 3.05) is 20.6 Å². The monoisotopic (exact) mass is 606 g/mol. The number of halogens is 1. The molecule has 0 heterocycles. The molecule has 0 spiro atoms. The Kier molecular flexibility index (Phi) is 15.6. The summed E-state index contributed by atoms with van der Waals surface area (Å²) < 4.78 is 0. The van der Waals surface area contributed by atoms with Crippen LogP contribution in [0.25, 0.3) is 0 Å². The SMILES string of the molecule is C1C[C@@H]2C[C@H]1CC2PC1C[C@@H]2CC[C@H]1C2.CN(C)C[C]1[CH][CH][CH][CH-]1.[CH]1[CH][CH][CH][CH]1.[Cl][Pd+].[Fe]. The quantitative estimate of drug-likeness (QED) is 0.196. The summed E-state index contributed by atoms with van der Waals surface area (Å²) in [5, 5.41) is 0. The van der Waals surface area contributed by atoms with Crippen molar-refractivity contribution in [3.05, 3.63) is 63.7 Å². The standard InChI is InChI=1S/C14H23P.C8H12N.C5H5.ClH.Fe.Pd/c1-3-11-5-9(1)7-13(11)15-14-8-10-2-4-12(14)6-10;1-9(2)7-8-5-3-4-6-8;1-2-4-5-3-1;;;/h9-15H,1-8H2;3-6H,7H2,1-2H3;1-5H;1H;;/q;-1;;;;+2/p-1/t9-,10+,11+,12-,13?,14?;;;;;. The molecule has 9 radical (unpaired) electrons. The van der Waals surface area contributed by atoms with Gasteiger partial charge in [0.1, 0.15) is 0 Å². The van der Waals surface area contributed by atoms with Gasteiger partial charge in [-0.2, -0.15) is 12.3 Å². The van der Waals surface area contributed by atoms with Crippen molar-refractivity contribution < 1.29 is 35.2 Å². The summed E-state index contributed by atoms with van der Waals surface area (Å²) in [7, 11) is 10.0. The van der Waals surface area contributed by atoms with Gasteiger partial charge < -0.3 is 11.3 Å². The molecule has 183 valence electrons. The van der Waals surface area contributed by atoms with Gasteiger partial charge >= 0.3 is 27.7 Å². The summed E-state index contributed by atoms with van der Waals surface area (Å²) in [6.07, 6.45) is 31.3. The summed E-state index contributed by atoms with van der Waals surface area (Å²) in [6.45, 7) is 1.05. The van der Waals surface area contributed by atoms with Crippen LogP contribution >= 0.6 is 18.1 Å². The van der Waals surface area contributed by atoms with Gasteiger partial charge in [-0.15, -0.1) is 8.58 Å². The summed E-state index contributed by atoms with van der Waals surface area (Å²) in [4.78, 5) is 2.16. The third-order valence-electron chi connectivity index (χ3n) is 7.69. The van der Waals surface area contributed by atoms with Crippen molar-refractivity contribution in [1.82, 2.24) is 4.90 Å². The molecule has 4 bridgehead atoms. The Morgan fingerprint density at radius 2 is 1.34 bits per heavy atom. The molecule has 6 fully saturated rings. The summed E-state index contributed by atoms with van der Waals surface area (Å²) in [5.41, 5.74) is 2.40. The first-order valence-corrected chi connectivity index (χ1v) is 15.2. The van der Waals surface area contributed by atoms with Crippen molar-refractivity contribution in [1.29, 1.82) is 0 Å². The van der Waals surface area contributed by atoms with E-state index in [9.17, 15) is 0 Å². The normalized spacial score (nSPS) is 37.1. The molecule has 6 aliphatic rings. The van der Waals surface area contributed by atoms with E-state index in [1.807, 2.05) is 32.1 Å². The molecule has 6 saturated carbocycles. The number of nitrogens with zero attached hydrogens (tertiary/aromatic N) is 1. The fourth-order valence-electron chi connectivity index (χ4n) is 6.38. The van der Waals surface area contributed by atoms with Gasteiger partial charge in [-0.25, -0.2) is 0 Å². The second-order valence-electron chi connectivity index (χ2n) is 10.2. The first-order valence-electron chi connectivity index (χ1n) is 12.1. The molecule has 7 atom stereocenters. The van der Waals surface area contributed by atoms with Crippen LogP contribution in [0.3, 0.4) is 0 Å². The van der Waals surface area contributed by atoms with Crippen LogP contribution in [0.1, 0.15) is 51.4 Å². The zero-order valence-corrected chi connectivity index (χ0v) is 23.9.